The van der Waals surface area contributed by atoms with Crippen molar-refractivity contribution in [3.05, 3.63) is 94.7 Å². The van der Waals surface area contributed by atoms with E-state index in [1.54, 1.807) is 36.3 Å². The second-order valence-electron chi connectivity index (χ2n) is 7.80. The first-order chi connectivity index (χ1) is 14.8. The second-order valence-corrected chi connectivity index (χ2v) is 7.80. The summed E-state index contributed by atoms with van der Waals surface area (Å²) in [6.45, 7) is 3.93. The Morgan fingerprint density at radius 3 is 2.58 bits per heavy atom. The van der Waals surface area contributed by atoms with E-state index in [-0.39, 0.29) is 24.1 Å². The molecule has 0 bridgehead atoms. The van der Waals surface area contributed by atoms with Gasteiger partial charge >= 0.3 is 6.03 Å². The summed E-state index contributed by atoms with van der Waals surface area (Å²) < 4.78 is 15.2. The maximum Gasteiger partial charge on any atom is 0.321 e. The van der Waals surface area contributed by atoms with E-state index in [4.69, 9.17) is 0 Å². The summed E-state index contributed by atoms with van der Waals surface area (Å²) in [7, 11) is 1.59. The predicted molar refractivity (Wildman–Crippen MR) is 115 cm³/mol. The topological polar surface area (TPSA) is 67.2 Å². The number of halogens is 1. The van der Waals surface area contributed by atoms with Gasteiger partial charge in [0, 0.05) is 31.4 Å². The summed E-state index contributed by atoms with van der Waals surface area (Å²) in [6, 6.07) is 10.7. The number of urea groups is 1. The van der Waals surface area contributed by atoms with Crippen molar-refractivity contribution in [1.82, 2.24) is 20.0 Å². The number of nitrogens with one attached hydrogen (secondary N) is 1. The van der Waals surface area contributed by atoms with Crippen LogP contribution in [0.2, 0.25) is 0 Å². The van der Waals surface area contributed by atoms with Crippen molar-refractivity contribution in [1.29, 1.82) is 0 Å². The maximum atomic E-state index is 13.4. The Kier molecular flexibility index (Phi) is 5.42. The molecule has 1 N–H and O–H groups in total. The number of amides is 2. The minimum absolute atomic E-state index is 0.113. The molecule has 0 saturated carbocycles. The fourth-order valence-electron chi connectivity index (χ4n) is 3.62. The number of aromatic nitrogens is 2. The molecule has 0 spiro atoms. The van der Waals surface area contributed by atoms with Crippen molar-refractivity contribution in [3.63, 3.8) is 0 Å². The summed E-state index contributed by atoms with van der Waals surface area (Å²) in [5.74, 6) is -0.487. The van der Waals surface area contributed by atoms with Crippen LogP contribution in [0.15, 0.2) is 66.6 Å². The van der Waals surface area contributed by atoms with Crippen LogP contribution < -0.4 is 5.32 Å². The lowest BCUT2D eigenvalue weighted by Gasteiger charge is -2.30. The Morgan fingerprint density at radius 1 is 1.16 bits per heavy atom. The SMILES string of the molecule is Cc1cnn(-c2ccc(C)c(CC(=O)C3=CN(C)C(=O)N[C@H]3c3ccc(F)cc3)c2)c1. The third-order valence-corrected chi connectivity index (χ3v) is 5.42. The molecule has 0 radical (unpaired) electrons. The average Bonchev–Trinajstić information content (AvgIpc) is 3.18. The summed E-state index contributed by atoms with van der Waals surface area (Å²) in [6.07, 6.45) is 5.44. The number of Topliss-reactive ketones (excluding diaryl/α,β-unsaturated/α-hetero) is 1. The van der Waals surface area contributed by atoms with E-state index in [1.165, 1.54) is 17.0 Å². The molecule has 7 heteroatoms. The molecule has 1 aliphatic heterocycles. The lowest BCUT2D eigenvalue weighted by Crippen LogP contribution is -2.43. The van der Waals surface area contributed by atoms with Crippen LogP contribution in [-0.2, 0) is 11.2 Å². The van der Waals surface area contributed by atoms with Gasteiger partial charge in [-0.25, -0.2) is 13.9 Å². The molecule has 0 aliphatic carbocycles. The minimum atomic E-state index is -0.631. The molecule has 2 aromatic carbocycles. The summed E-state index contributed by atoms with van der Waals surface area (Å²) in [4.78, 5) is 26.9. The standard InChI is InChI=1S/C24H23FN4O2/c1-15-12-26-29(13-15)20-9-4-16(2)18(10-20)11-22(30)21-14-28(3)24(31)27-23(21)17-5-7-19(25)8-6-17/h4-10,12-14,23H,11H2,1-3H3,(H,27,31)/t23-/m0/s1. The first kappa shape index (κ1) is 20.5. The lowest BCUT2D eigenvalue weighted by atomic mass is 9.91. The van der Waals surface area contributed by atoms with Crippen LogP contribution in [0.1, 0.15) is 28.3 Å². The summed E-state index contributed by atoms with van der Waals surface area (Å²) in [5, 5.41) is 7.17. The molecule has 1 aliphatic rings. The Hall–Kier alpha value is -3.74. The van der Waals surface area contributed by atoms with Crippen LogP contribution in [-0.4, -0.2) is 33.5 Å². The van der Waals surface area contributed by atoms with Gasteiger partial charge in [0.1, 0.15) is 5.82 Å². The molecule has 2 amide bonds. The fourth-order valence-corrected chi connectivity index (χ4v) is 3.62. The van der Waals surface area contributed by atoms with Crippen molar-refractivity contribution in [3.8, 4) is 5.69 Å². The molecule has 1 aromatic heterocycles. The highest BCUT2D eigenvalue weighted by Crippen LogP contribution is 2.28. The molecule has 6 nitrogen and oxygen atoms in total. The molecular formula is C24H23FN4O2. The van der Waals surface area contributed by atoms with Crippen molar-refractivity contribution in [2.24, 2.45) is 0 Å². The van der Waals surface area contributed by atoms with Gasteiger partial charge in [-0.15, -0.1) is 0 Å². The van der Waals surface area contributed by atoms with E-state index in [0.717, 1.165) is 22.4 Å². The number of benzene rings is 2. The molecular weight excluding hydrogens is 395 g/mol. The van der Waals surface area contributed by atoms with E-state index < -0.39 is 6.04 Å². The van der Waals surface area contributed by atoms with Crippen LogP contribution in [0.5, 0.6) is 0 Å². The van der Waals surface area contributed by atoms with Crippen LogP contribution in [0.3, 0.4) is 0 Å². The molecule has 0 fully saturated rings. The molecule has 31 heavy (non-hydrogen) atoms. The third-order valence-electron chi connectivity index (χ3n) is 5.42. The molecule has 158 valence electrons. The number of carbonyl (C=O) groups is 2. The van der Waals surface area contributed by atoms with Crippen LogP contribution >= 0.6 is 0 Å². The number of hydrogen-bond acceptors (Lipinski definition) is 3. The maximum absolute atomic E-state index is 13.4. The second kappa shape index (κ2) is 8.18. The highest BCUT2D eigenvalue weighted by Gasteiger charge is 2.30. The number of nitrogens with zero attached hydrogens (tertiary/aromatic N) is 3. The van der Waals surface area contributed by atoms with Crippen molar-refractivity contribution < 1.29 is 14.0 Å². The number of carbonyl (C=O) groups excluding carboxylic acids is 2. The molecule has 3 aromatic rings. The smallest absolute Gasteiger partial charge is 0.321 e. The molecule has 4 rings (SSSR count). The van der Waals surface area contributed by atoms with Crippen LogP contribution in [0.25, 0.3) is 5.69 Å². The highest BCUT2D eigenvalue weighted by atomic mass is 19.1. The summed E-state index contributed by atoms with van der Waals surface area (Å²) >= 11 is 0. The molecule has 2 heterocycles. The molecule has 1 atom stereocenters. The monoisotopic (exact) mass is 418 g/mol. The molecule has 0 saturated heterocycles. The Morgan fingerprint density at radius 2 is 1.90 bits per heavy atom. The van der Waals surface area contributed by atoms with Gasteiger partial charge < -0.3 is 10.2 Å². The minimum Gasteiger partial charge on any atom is -0.327 e. The Balaban J connectivity index is 1.65. The molecule has 0 unspecified atom stereocenters. The Bertz CT molecular complexity index is 1180. The van der Waals surface area contributed by atoms with Gasteiger partial charge in [0.15, 0.2) is 5.78 Å². The third kappa shape index (κ3) is 4.26. The summed E-state index contributed by atoms with van der Waals surface area (Å²) in [5.41, 5.74) is 4.90. The van der Waals surface area contributed by atoms with Crippen molar-refractivity contribution >= 4 is 11.8 Å². The fraction of sp³-hybridized carbons (Fsp3) is 0.208. The zero-order chi connectivity index (χ0) is 22.1. The normalized spacial score (nSPS) is 16.1. The van der Waals surface area contributed by atoms with Crippen LogP contribution in [0, 0.1) is 19.7 Å². The van der Waals surface area contributed by atoms with Gasteiger partial charge in [0.2, 0.25) is 0 Å². The zero-order valence-electron chi connectivity index (χ0n) is 17.6. The number of ketones is 1. The first-order valence-electron chi connectivity index (χ1n) is 9.96. The van der Waals surface area contributed by atoms with E-state index in [2.05, 4.69) is 10.4 Å². The van der Waals surface area contributed by atoms with Crippen LogP contribution in [0.4, 0.5) is 9.18 Å². The Labute approximate surface area is 180 Å². The zero-order valence-corrected chi connectivity index (χ0v) is 17.6. The largest absolute Gasteiger partial charge is 0.327 e. The average molecular weight is 418 g/mol. The number of rotatable bonds is 5. The van der Waals surface area contributed by atoms with Gasteiger partial charge in [-0.3, -0.25) is 4.79 Å². The van der Waals surface area contributed by atoms with Gasteiger partial charge in [0.05, 0.1) is 17.9 Å². The quantitative estimate of drug-likeness (QED) is 0.681. The number of aryl methyl sites for hydroxylation is 2. The van der Waals surface area contributed by atoms with Crippen molar-refractivity contribution in [2.45, 2.75) is 26.3 Å². The highest BCUT2D eigenvalue weighted by molar-refractivity contribution is 6.00. The van der Waals surface area contributed by atoms with Crippen molar-refractivity contribution in [2.75, 3.05) is 7.05 Å². The van der Waals surface area contributed by atoms with E-state index in [1.807, 2.05) is 38.2 Å². The van der Waals surface area contributed by atoms with E-state index >= 15 is 0 Å². The van der Waals surface area contributed by atoms with E-state index in [9.17, 15) is 14.0 Å². The number of hydrogen-bond donors (Lipinski definition) is 1. The lowest BCUT2D eigenvalue weighted by molar-refractivity contribution is -0.115. The predicted octanol–water partition coefficient (Wildman–Crippen LogP) is 4.02. The van der Waals surface area contributed by atoms with Gasteiger partial charge in [0.25, 0.3) is 0 Å². The van der Waals surface area contributed by atoms with Gasteiger partial charge in [-0.2, -0.15) is 5.10 Å². The van der Waals surface area contributed by atoms with E-state index in [0.29, 0.717) is 11.1 Å². The van der Waals surface area contributed by atoms with Gasteiger partial charge in [-0.05, 0) is 60.4 Å². The first-order valence-corrected chi connectivity index (χ1v) is 9.96. The van der Waals surface area contributed by atoms with Gasteiger partial charge in [-0.1, -0.05) is 18.2 Å².